The predicted molar refractivity (Wildman–Crippen MR) is 80.2 cm³/mol. The largest absolute Gasteiger partial charge is 0.365 e. The zero-order valence-corrected chi connectivity index (χ0v) is 12.0. The van der Waals surface area contributed by atoms with Crippen molar-refractivity contribution in [2.75, 3.05) is 10.7 Å². The van der Waals surface area contributed by atoms with Gasteiger partial charge in [0.1, 0.15) is 18.0 Å². The van der Waals surface area contributed by atoms with E-state index in [0.29, 0.717) is 5.82 Å². The van der Waals surface area contributed by atoms with Crippen LogP contribution in [0.1, 0.15) is 28.7 Å². The summed E-state index contributed by atoms with van der Waals surface area (Å²) in [5.74, 6) is 7.05. The van der Waals surface area contributed by atoms with Gasteiger partial charge in [-0.05, 0) is 25.5 Å². The van der Waals surface area contributed by atoms with Gasteiger partial charge in [-0.2, -0.15) is 0 Å². The number of thiophene rings is 1. The zero-order chi connectivity index (χ0) is 13.7. The average molecular weight is 277 g/mol. The molecular formula is C13H19N5S. The molecule has 0 aliphatic heterocycles. The number of anilines is 2. The highest BCUT2D eigenvalue weighted by Crippen LogP contribution is 2.22. The van der Waals surface area contributed by atoms with Crippen LogP contribution in [0.4, 0.5) is 11.6 Å². The highest BCUT2D eigenvalue weighted by atomic mass is 32.1. The van der Waals surface area contributed by atoms with Crippen LogP contribution in [0, 0.1) is 6.92 Å². The second kappa shape index (κ2) is 6.49. The predicted octanol–water partition coefficient (Wildman–Crippen LogP) is 2.70. The van der Waals surface area contributed by atoms with Crippen molar-refractivity contribution in [3.63, 3.8) is 0 Å². The first kappa shape index (κ1) is 13.8. The van der Waals surface area contributed by atoms with E-state index in [9.17, 15) is 0 Å². The van der Waals surface area contributed by atoms with Gasteiger partial charge in [0.2, 0.25) is 0 Å². The summed E-state index contributed by atoms with van der Waals surface area (Å²) in [5.41, 5.74) is 3.68. The van der Waals surface area contributed by atoms with Gasteiger partial charge in [-0.15, -0.1) is 11.3 Å². The number of hydrazine groups is 1. The number of nitrogen functional groups attached to an aromatic ring is 1. The molecule has 0 amide bonds. The number of hydrogen-bond donors (Lipinski definition) is 3. The molecule has 0 unspecified atom stereocenters. The maximum Gasteiger partial charge on any atom is 0.148 e. The molecule has 0 radical (unpaired) electrons. The van der Waals surface area contributed by atoms with Crippen molar-refractivity contribution in [2.45, 2.75) is 33.2 Å². The summed E-state index contributed by atoms with van der Waals surface area (Å²) in [4.78, 5) is 11.1. The fourth-order valence-electron chi connectivity index (χ4n) is 1.93. The number of hydrogen-bond acceptors (Lipinski definition) is 6. The maximum absolute atomic E-state index is 5.49. The lowest BCUT2D eigenvalue weighted by Gasteiger charge is -2.12. The van der Waals surface area contributed by atoms with E-state index in [1.54, 1.807) is 11.3 Å². The van der Waals surface area contributed by atoms with Crippen molar-refractivity contribution in [3.05, 3.63) is 33.8 Å². The molecule has 0 saturated carbocycles. The van der Waals surface area contributed by atoms with E-state index in [4.69, 9.17) is 5.84 Å². The Balaban J connectivity index is 2.14. The first-order valence-electron chi connectivity index (χ1n) is 6.34. The van der Waals surface area contributed by atoms with E-state index in [1.807, 2.05) is 0 Å². The number of aryl methyl sites for hydroxylation is 1. The number of nitrogens with two attached hydrogens (primary N) is 1. The molecular weight excluding hydrogens is 258 g/mol. The van der Waals surface area contributed by atoms with Gasteiger partial charge >= 0.3 is 0 Å². The quantitative estimate of drug-likeness (QED) is 0.559. The Labute approximate surface area is 117 Å². The molecule has 0 spiro atoms. The molecule has 2 rings (SSSR count). The van der Waals surface area contributed by atoms with E-state index >= 15 is 0 Å². The molecule has 4 N–H and O–H groups in total. The molecule has 102 valence electrons. The summed E-state index contributed by atoms with van der Waals surface area (Å²) < 4.78 is 0. The zero-order valence-electron chi connectivity index (χ0n) is 11.2. The molecule has 2 aromatic heterocycles. The van der Waals surface area contributed by atoms with Gasteiger partial charge in [-0.3, -0.25) is 0 Å². The summed E-state index contributed by atoms with van der Waals surface area (Å²) in [7, 11) is 0. The molecule has 0 bridgehead atoms. The number of nitrogens with one attached hydrogen (secondary N) is 2. The van der Waals surface area contributed by atoms with Crippen molar-refractivity contribution in [1.82, 2.24) is 9.97 Å². The Bertz CT molecular complexity index is 538. The van der Waals surface area contributed by atoms with E-state index < -0.39 is 0 Å². The highest BCUT2D eigenvalue weighted by Gasteiger charge is 2.09. The van der Waals surface area contributed by atoms with Crippen LogP contribution in [0.15, 0.2) is 18.5 Å². The monoisotopic (exact) mass is 277 g/mol. The van der Waals surface area contributed by atoms with E-state index in [2.05, 4.69) is 46.7 Å². The number of nitrogens with zero attached hydrogens (tertiary/aromatic N) is 2. The van der Waals surface area contributed by atoms with Crippen LogP contribution in [0.3, 0.4) is 0 Å². The molecule has 0 aliphatic rings. The minimum absolute atomic E-state index is 0.696. The Kier molecular flexibility index (Phi) is 4.70. The SMILES string of the molecule is CCCc1c(NN)ncnc1NCc1ccc(C)s1. The van der Waals surface area contributed by atoms with Crippen LogP contribution >= 0.6 is 11.3 Å². The van der Waals surface area contributed by atoms with Gasteiger partial charge in [0.15, 0.2) is 0 Å². The second-order valence-corrected chi connectivity index (χ2v) is 5.68. The fourth-order valence-corrected chi connectivity index (χ4v) is 2.76. The Morgan fingerprint density at radius 3 is 2.68 bits per heavy atom. The maximum atomic E-state index is 5.49. The minimum Gasteiger partial charge on any atom is -0.365 e. The topological polar surface area (TPSA) is 75.9 Å². The first-order chi connectivity index (χ1) is 9.24. The van der Waals surface area contributed by atoms with Crippen LogP contribution in [0.5, 0.6) is 0 Å². The lowest BCUT2D eigenvalue weighted by molar-refractivity contribution is 0.897. The molecule has 0 atom stereocenters. The third kappa shape index (κ3) is 3.42. The first-order valence-corrected chi connectivity index (χ1v) is 7.16. The van der Waals surface area contributed by atoms with Crippen molar-refractivity contribution in [3.8, 4) is 0 Å². The third-order valence-electron chi connectivity index (χ3n) is 2.81. The average Bonchev–Trinajstić information content (AvgIpc) is 2.83. The van der Waals surface area contributed by atoms with Gasteiger partial charge < -0.3 is 10.7 Å². The Hall–Kier alpha value is -1.66. The molecule has 2 aromatic rings. The summed E-state index contributed by atoms with van der Waals surface area (Å²) in [5, 5.41) is 3.37. The molecule has 0 aromatic carbocycles. The van der Waals surface area contributed by atoms with Crippen molar-refractivity contribution >= 4 is 23.0 Å². The number of rotatable bonds is 6. The Morgan fingerprint density at radius 1 is 1.26 bits per heavy atom. The van der Waals surface area contributed by atoms with E-state index in [0.717, 1.165) is 30.8 Å². The van der Waals surface area contributed by atoms with Gasteiger partial charge in [-0.25, -0.2) is 15.8 Å². The Morgan fingerprint density at radius 2 is 2.05 bits per heavy atom. The van der Waals surface area contributed by atoms with Crippen LogP contribution in [0.25, 0.3) is 0 Å². The van der Waals surface area contributed by atoms with Gasteiger partial charge in [0.05, 0.1) is 6.54 Å². The summed E-state index contributed by atoms with van der Waals surface area (Å²) >= 11 is 1.79. The van der Waals surface area contributed by atoms with E-state index in [1.165, 1.54) is 16.1 Å². The summed E-state index contributed by atoms with van der Waals surface area (Å²) in [6, 6.07) is 4.26. The normalized spacial score (nSPS) is 10.5. The van der Waals surface area contributed by atoms with Crippen LogP contribution in [-0.4, -0.2) is 9.97 Å². The van der Waals surface area contributed by atoms with Gasteiger partial charge in [0, 0.05) is 15.3 Å². The number of aromatic nitrogens is 2. The lowest BCUT2D eigenvalue weighted by Crippen LogP contribution is -2.14. The smallest absolute Gasteiger partial charge is 0.148 e. The van der Waals surface area contributed by atoms with Crippen LogP contribution < -0.4 is 16.6 Å². The summed E-state index contributed by atoms with van der Waals surface area (Å²) in [6.45, 7) is 5.01. The van der Waals surface area contributed by atoms with Crippen molar-refractivity contribution < 1.29 is 0 Å². The molecule has 0 saturated heterocycles. The van der Waals surface area contributed by atoms with Crippen LogP contribution in [0.2, 0.25) is 0 Å². The molecule has 19 heavy (non-hydrogen) atoms. The van der Waals surface area contributed by atoms with Crippen LogP contribution in [-0.2, 0) is 13.0 Å². The molecule has 5 nitrogen and oxygen atoms in total. The highest BCUT2D eigenvalue weighted by molar-refractivity contribution is 7.11. The summed E-state index contributed by atoms with van der Waals surface area (Å²) in [6.07, 6.45) is 3.44. The van der Waals surface area contributed by atoms with Gasteiger partial charge in [0.25, 0.3) is 0 Å². The van der Waals surface area contributed by atoms with E-state index in [-0.39, 0.29) is 0 Å². The standard InChI is InChI=1S/C13H19N5S/c1-3-4-11-12(16-8-17-13(11)18-14)15-7-10-6-5-9(2)19-10/h5-6,8H,3-4,7,14H2,1-2H3,(H2,15,16,17,18). The molecule has 2 heterocycles. The molecule has 0 aliphatic carbocycles. The van der Waals surface area contributed by atoms with Gasteiger partial charge in [-0.1, -0.05) is 13.3 Å². The lowest BCUT2D eigenvalue weighted by atomic mass is 10.1. The van der Waals surface area contributed by atoms with Crippen molar-refractivity contribution in [2.24, 2.45) is 5.84 Å². The van der Waals surface area contributed by atoms with Crippen molar-refractivity contribution in [1.29, 1.82) is 0 Å². The second-order valence-electron chi connectivity index (χ2n) is 4.31. The molecule has 6 heteroatoms. The molecule has 0 fully saturated rings. The minimum atomic E-state index is 0.696. The fraction of sp³-hybridized carbons (Fsp3) is 0.385. The third-order valence-corrected chi connectivity index (χ3v) is 3.81.